The number of hydrogen-bond donors (Lipinski definition) is 2. The Morgan fingerprint density at radius 3 is 2.53 bits per heavy atom. The van der Waals surface area contributed by atoms with Crippen molar-refractivity contribution in [3.8, 4) is 6.07 Å². The van der Waals surface area contributed by atoms with E-state index >= 15 is 0 Å². The van der Waals surface area contributed by atoms with Crippen LogP contribution in [0.4, 0.5) is 5.95 Å². The summed E-state index contributed by atoms with van der Waals surface area (Å²) in [5.74, 6) is 0.402. The lowest BCUT2D eigenvalue weighted by Gasteiger charge is -2.30. The van der Waals surface area contributed by atoms with Crippen molar-refractivity contribution in [3.63, 3.8) is 0 Å². The van der Waals surface area contributed by atoms with E-state index in [-0.39, 0.29) is 6.61 Å². The molecule has 1 aromatic heterocycles. The molecule has 2 N–H and O–H groups in total. The molecule has 0 aliphatic carbocycles. The largest absolute Gasteiger partial charge is 0.394 e. The first-order valence-electron chi connectivity index (χ1n) is 5.74. The minimum absolute atomic E-state index is 0.0131. The molecule has 1 aromatic rings. The van der Waals surface area contributed by atoms with Gasteiger partial charge in [0, 0.05) is 5.69 Å². The topological polar surface area (TPSA) is 81.8 Å². The Bertz CT molecular complexity index is 413. The van der Waals surface area contributed by atoms with Crippen LogP contribution in [0.1, 0.15) is 38.1 Å². The van der Waals surface area contributed by atoms with Crippen molar-refractivity contribution in [2.75, 3.05) is 11.9 Å². The maximum absolute atomic E-state index is 9.45. The summed E-state index contributed by atoms with van der Waals surface area (Å²) >= 11 is 0. The highest BCUT2D eigenvalue weighted by atomic mass is 16.3. The average molecular weight is 234 g/mol. The number of hydrogen-bond acceptors (Lipinski definition) is 5. The van der Waals surface area contributed by atoms with Gasteiger partial charge in [0.05, 0.1) is 12.1 Å². The number of nitrogens with zero attached hydrogens (tertiary/aromatic N) is 3. The number of aryl methyl sites for hydroxylation is 1. The van der Waals surface area contributed by atoms with E-state index in [4.69, 9.17) is 5.26 Å². The van der Waals surface area contributed by atoms with E-state index in [0.29, 0.717) is 11.6 Å². The SMILES string of the molecule is CCC(CC)(CO)Nc1nc(C)cc(C#N)n1. The molecule has 1 heterocycles. The smallest absolute Gasteiger partial charge is 0.224 e. The summed E-state index contributed by atoms with van der Waals surface area (Å²) in [6.45, 7) is 5.81. The zero-order valence-electron chi connectivity index (χ0n) is 10.5. The van der Waals surface area contributed by atoms with Crippen molar-refractivity contribution in [1.29, 1.82) is 5.26 Å². The van der Waals surface area contributed by atoms with Crippen molar-refractivity contribution >= 4 is 5.95 Å². The summed E-state index contributed by atoms with van der Waals surface area (Å²) in [5, 5.41) is 21.4. The fourth-order valence-corrected chi connectivity index (χ4v) is 1.61. The predicted molar refractivity (Wildman–Crippen MR) is 65.5 cm³/mol. The minimum atomic E-state index is -0.416. The van der Waals surface area contributed by atoms with Crippen LogP contribution >= 0.6 is 0 Å². The fraction of sp³-hybridized carbons (Fsp3) is 0.583. The molecule has 0 aliphatic rings. The molecule has 0 saturated heterocycles. The van der Waals surface area contributed by atoms with Gasteiger partial charge in [-0.3, -0.25) is 0 Å². The highest BCUT2D eigenvalue weighted by Crippen LogP contribution is 2.19. The van der Waals surface area contributed by atoms with Gasteiger partial charge in [-0.25, -0.2) is 9.97 Å². The van der Waals surface area contributed by atoms with Crippen molar-refractivity contribution in [3.05, 3.63) is 17.5 Å². The molecule has 0 aromatic carbocycles. The van der Waals surface area contributed by atoms with Crippen LogP contribution in [0.25, 0.3) is 0 Å². The second-order valence-corrected chi connectivity index (χ2v) is 4.10. The fourth-order valence-electron chi connectivity index (χ4n) is 1.61. The van der Waals surface area contributed by atoms with Gasteiger partial charge in [-0.1, -0.05) is 13.8 Å². The first-order valence-corrected chi connectivity index (χ1v) is 5.74. The number of nitriles is 1. The molecular weight excluding hydrogens is 216 g/mol. The molecule has 0 bridgehead atoms. The Balaban J connectivity index is 3.02. The van der Waals surface area contributed by atoms with Crippen LogP contribution in [-0.2, 0) is 0 Å². The van der Waals surface area contributed by atoms with E-state index in [1.54, 1.807) is 6.07 Å². The third-order valence-electron chi connectivity index (χ3n) is 3.00. The number of aromatic nitrogens is 2. The monoisotopic (exact) mass is 234 g/mol. The number of aliphatic hydroxyl groups is 1. The van der Waals surface area contributed by atoms with Crippen LogP contribution < -0.4 is 5.32 Å². The highest BCUT2D eigenvalue weighted by molar-refractivity contribution is 5.35. The van der Waals surface area contributed by atoms with Gasteiger partial charge >= 0.3 is 0 Å². The molecule has 0 saturated carbocycles. The van der Waals surface area contributed by atoms with Crippen molar-refractivity contribution < 1.29 is 5.11 Å². The molecule has 0 amide bonds. The molecule has 0 atom stereocenters. The Hall–Kier alpha value is -1.67. The van der Waals surface area contributed by atoms with Gasteiger partial charge in [0.2, 0.25) is 5.95 Å². The van der Waals surface area contributed by atoms with Gasteiger partial charge in [-0.15, -0.1) is 0 Å². The van der Waals surface area contributed by atoms with Gasteiger partial charge in [-0.2, -0.15) is 5.26 Å². The number of rotatable bonds is 5. The van der Waals surface area contributed by atoms with Crippen LogP contribution in [0, 0.1) is 18.3 Å². The van der Waals surface area contributed by atoms with Gasteiger partial charge in [0.25, 0.3) is 0 Å². The number of anilines is 1. The summed E-state index contributed by atoms with van der Waals surface area (Å²) < 4.78 is 0. The third-order valence-corrected chi connectivity index (χ3v) is 3.00. The Morgan fingerprint density at radius 2 is 2.06 bits per heavy atom. The van der Waals surface area contributed by atoms with Gasteiger partial charge < -0.3 is 10.4 Å². The molecule has 1 rings (SSSR count). The van der Waals surface area contributed by atoms with E-state index in [1.807, 2.05) is 26.8 Å². The summed E-state index contributed by atoms with van der Waals surface area (Å²) in [6.07, 6.45) is 1.53. The molecule has 5 nitrogen and oxygen atoms in total. The van der Waals surface area contributed by atoms with Crippen LogP contribution in [0.5, 0.6) is 0 Å². The third kappa shape index (κ3) is 3.14. The van der Waals surface area contributed by atoms with Crippen molar-refractivity contribution in [1.82, 2.24) is 9.97 Å². The lowest BCUT2D eigenvalue weighted by molar-refractivity contribution is 0.201. The summed E-state index contributed by atoms with van der Waals surface area (Å²) in [4.78, 5) is 8.31. The van der Waals surface area contributed by atoms with E-state index in [9.17, 15) is 5.11 Å². The Kier molecular flexibility index (Phi) is 4.41. The maximum atomic E-state index is 9.45. The first kappa shape index (κ1) is 13.4. The minimum Gasteiger partial charge on any atom is -0.394 e. The number of nitrogens with one attached hydrogen (secondary N) is 1. The van der Waals surface area contributed by atoms with E-state index in [0.717, 1.165) is 18.5 Å². The Morgan fingerprint density at radius 1 is 1.41 bits per heavy atom. The molecule has 5 heteroatoms. The van der Waals surface area contributed by atoms with Crippen molar-refractivity contribution in [2.45, 2.75) is 39.2 Å². The zero-order valence-corrected chi connectivity index (χ0v) is 10.5. The quantitative estimate of drug-likeness (QED) is 0.809. The van der Waals surface area contributed by atoms with Crippen molar-refractivity contribution in [2.24, 2.45) is 0 Å². The first-order chi connectivity index (χ1) is 8.09. The summed E-state index contributed by atoms with van der Waals surface area (Å²) in [7, 11) is 0. The Labute approximate surface area is 102 Å². The average Bonchev–Trinajstić information content (AvgIpc) is 2.35. The molecule has 0 fully saturated rings. The van der Waals surface area contributed by atoms with Gasteiger partial charge in [0.1, 0.15) is 11.8 Å². The summed E-state index contributed by atoms with van der Waals surface area (Å²) in [6, 6.07) is 3.62. The summed E-state index contributed by atoms with van der Waals surface area (Å²) in [5.41, 5.74) is 0.651. The van der Waals surface area contributed by atoms with Crippen LogP contribution in [-0.4, -0.2) is 27.2 Å². The molecular formula is C12H18N4O. The van der Waals surface area contributed by atoms with E-state index in [1.165, 1.54) is 0 Å². The van der Waals surface area contributed by atoms with Crippen LogP contribution in [0.15, 0.2) is 6.07 Å². The lowest BCUT2D eigenvalue weighted by atomic mass is 9.94. The van der Waals surface area contributed by atoms with Crippen LogP contribution in [0.2, 0.25) is 0 Å². The molecule has 0 aliphatic heterocycles. The zero-order chi connectivity index (χ0) is 12.9. The molecule has 0 radical (unpaired) electrons. The second-order valence-electron chi connectivity index (χ2n) is 4.10. The molecule has 17 heavy (non-hydrogen) atoms. The van der Waals surface area contributed by atoms with Gasteiger partial charge in [0.15, 0.2) is 0 Å². The molecule has 92 valence electrons. The molecule has 0 spiro atoms. The molecule has 0 unspecified atom stereocenters. The second kappa shape index (κ2) is 5.60. The number of aliphatic hydroxyl groups excluding tert-OH is 1. The van der Waals surface area contributed by atoms with Gasteiger partial charge in [-0.05, 0) is 25.8 Å². The van der Waals surface area contributed by atoms with E-state index < -0.39 is 5.54 Å². The highest BCUT2D eigenvalue weighted by Gasteiger charge is 2.26. The van der Waals surface area contributed by atoms with Crippen LogP contribution in [0.3, 0.4) is 0 Å². The predicted octanol–water partition coefficient (Wildman–Crippen LogP) is 1.62. The standard InChI is InChI=1S/C12H18N4O/c1-4-12(5-2,8-17)16-11-14-9(3)6-10(7-13)15-11/h6,17H,4-5,8H2,1-3H3,(H,14,15,16). The van der Waals surface area contributed by atoms with E-state index in [2.05, 4.69) is 15.3 Å². The lowest BCUT2D eigenvalue weighted by Crippen LogP contribution is -2.41. The normalized spacial score (nSPS) is 11.0. The maximum Gasteiger partial charge on any atom is 0.224 e.